The van der Waals surface area contributed by atoms with Crippen molar-refractivity contribution in [1.82, 2.24) is 10.7 Å². The lowest BCUT2D eigenvalue weighted by atomic mass is 9.90. The molecular formula is C17H19N3O2. The third-order valence-electron chi connectivity index (χ3n) is 3.42. The van der Waals surface area contributed by atoms with Crippen LogP contribution in [0.5, 0.6) is 0 Å². The summed E-state index contributed by atoms with van der Waals surface area (Å²) in [6.07, 6.45) is 0. The van der Waals surface area contributed by atoms with Crippen LogP contribution in [0.1, 0.15) is 24.0 Å². The molecule has 0 spiro atoms. The van der Waals surface area contributed by atoms with Gasteiger partial charge in [-0.1, -0.05) is 60.7 Å². The molecule has 114 valence electrons. The predicted molar refractivity (Wildman–Crippen MR) is 84.7 cm³/mol. The number of benzene rings is 2. The first-order valence-electron chi connectivity index (χ1n) is 7.04. The molecule has 0 fully saturated rings. The summed E-state index contributed by atoms with van der Waals surface area (Å²) in [6, 6.07) is 18.2. The zero-order valence-corrected chi connectivity index (χ0v) is 12.3. The van der Waals surface area contributed by atoms with E-state index in [0.717, 1.165) is 11.1 Å². The molecule has 5 heteroatoms. The molecule has 2 aromatic rings. The Morgan fingerprint density at radius 1 is 0.864 bits per heavy atom. The molecule has 2 aromatic carbocycles. The monoisotopic (exact) mass is 297 g/mol. The minimum absolute atomic E-state index is 0.242. The Labute approximate surface area is 129 Å². The van der Waals surface area contributed by atoms with E-state index < -0.39 is 17.9 Å². The maximum absolute atomic E-state index is 12.6. The number of carbonyl (C=O) groups is 2. The lowest BCUT2D eigenvalue weighted by molar-refractivity contribution is -0.128. The largest absolute Gasteiger partial charge is 0.344 e. The van der Waals surface area contributed by atoms with E-state index in [9.17, 15) is 9.59 Å². The van der Waals surface area contributed by atoms with Crippen LogP contribution in [0.15, 0.2) is 60.7 Å². The van der Waals surface area contributed by atoms with E-state index in [2.05, 4.69) is 5.32 Å². The normalized spacial score (nSPS) is 11.8. The van der Waals surface area contributed by atoms with Crippen LogP contribution in [-0.2, 0) is 9.59 Å². The number of hydrogen-bond acceptors (Lipinski definition) is 3. The Kier molecular flexibility index (Phi) is 5.27. The van der Waals surface area contributed by atoms with Gasteiger partial charge in [-0.3, -0.25) is 15.0 Å². The number of hydrogen-bond donors (Lipinski definition) is 3. The van der Waals surface area contributed by atoms with Crippen molar-refractivity contribution in [2.24, 2.45) is 5.84 Å². The highest BCUT2D eigenvalue weighted by Gasteiger charge is 2.25. The van der Waals surface area contributed by atoms with E-state index in [-0.39, 0.29) is 5.91 Å². The first-order valence-corrected chi connectivity index (χ1v) is 7.04. The van der Waals surface area contributed by atoms with Crippen molar-refractivity contribution in [3.8, 4) is 0 Å². The molecule has 0 aliphatic heterocycles. The SMILES string of the molecule is CC(NC(=O)C(c1ccccc1)c1ccccc1)C(=O)NN. The number of nitrogens with one attached hydrogen (secondary N) is 2. The lowest BCUT2D eigenvalue weighted by Crippen LogP contribution is -2.48. The van der Waals surface area contributed by atoms with Gasteiger partial charge in [0.25, 0.3) is 5.91 Å². The van der Waals surface area contributed by atoms with Crippen LogP contribution in [0.2, 0.25) is 0 Å². The van der Waals surface area contributed by atoms with Crippen molar-refractivity contribution in [2.75, 3.05) is 0 Å². The molecular weight excluding hydrogens is 278 g/mol. The highest BCUT2D eigenvalue weighted by molar-refractivity contribution is 5.92. The second-order valence-corrected chi connectivity index (χ2v) is 4.99. The van der Waals surface area contributed by atoms with Gasteiger partial charge in [0.2, 0.25) is 5.91 Å². The number of nitrogens with two attached hydrogens (primary N) is 1. The maximum atomic E-state index is 12.6. The Hall–Kier alpha value is -2.66. The summed E-state index contributed by atoms with van der Waals surface area (Å²) in [5, 5.41) is 2.70. The summed E-state index contributed by atoms with van der Waals surface area (Å²) in [5.41, 5.74) is 3.77. The third kappa shape index (κ3) is 3.71. The van der Waals surface area contributed by atoms with Gasteiger partial charge in [-0.15, -0.1) is 0 Å². The van der Waals surface area contributed by atoms with Crippen LogP contribution in [0.4, 0.5) is 0 Å². The molecule has 0 aromatic heterocycles. The summed E-state index contributed by atoms with van der Waals surface area (Å²) in [7, 11) is 0. The fourth-order valence-corrected chi connectivity index (χ4v) is 2.27. The quantitative estimate of drug-likeness (QED) is 0.442. The van der Waals surface area contributed by atoms with E-state index in [1.807, 2.05) is 66.1 Å². The molecule has 4 N–H and O–H groups in total. The lowest BCUT2D eigenvalue weighted by Gasteiger charge is -2.20. The molecule has 0 saturated heterocycles. The molecule has 0 aliphatic rings. The van der Waals surface area contributed by atoms with E-state index in [1.165, 1.54) is 0 Å². The fourth-order valence-electron chi connectivity index (χ4n) is 2.27. The fraction of sp³-hybridized carbons (Fsp3) is 0.176. The number of amides is 2. The maximum Gasteiger partial charge on any atom is 0.256 e. The van der Waals surface area contributed by atoms with Crippen molar-refractivity contribution in [1.29, 1.82) is 0 Å². The number of carbonyl (C=O) groups excluding carboxylic acids is 2. The van der Waals surface area contributed by atoms with Gasteiger partial charge in [-0.2, -0.15) is 0 Å². The van der Waals surface area contributed by atoms with Gasteiger partial charge in [0.15, 0.2) is 0 Å². The smallest absolute Gasteiger partial charge is 0.256 e. The second-order valence-electron chi connectivity index (χ2n) is 4.99. The molecule has 1 unspecified atom stereocenters. The second kappa shape index (κ2) is 7.38. The summed E-state index contributed by atoms with van der Waals surface area (Å²) in [4.78, 5) is 24.1. The summed E-state index contributed by atoms with van der Waals surface area (Å²) >= 11 is 0. The highest BCUT2D eigenvalue weighted by atomic mass is 16.2. The summed E-state index contributed by atoms with van der Waals surface area (Å²) < 4.78 is 0. The summed E-state index contributed by atoms with van der Waals surface area (Å²) in [5.74, 6) is 3.94. The van der Waals surface area contributed by atoms with Gasteiger partial charge in [-0.25, -0.2) is 5.84 Å². The Bertz CT molecular complexity index is 589. The first-order chi connectivity index (χ1) is 10.6. The van der Waals surface area contributed by atoms with Gasteiger partial charge in [0.1, 0.15) is 6.04 Å². The Morgan fingerprint density at radius 3 is 1.73 bits per heavy atom. The molecule has 5 nitrogen and oxygen atoms in total. The van der Waals surface area contributed by atoms with Crippen molar-refractivity contribution < 1.29 is 9.59 Å². The predicted octanol–water partition coefficient (Wildman–Crippen LogP) is 1.31. The standard InChI is InChI=1S/C17H19N3O2/c1-12(16(21)20-18)19-17(22)15(13-8-4-2-5-9-13)14-10-6-3-7-11-14/h2-12,15H,18H2,1H3,(H,19,22)(H,20,21). The van der Waals surface area contributed by atoms with Gasteiger partial charge in [0, 0.05) is 0 Å². The van der Waals surface area contributed by atoms with Crippen molar-refractivity contribution >= 4 is 11.8 Å². The molecule has 1 atom stereocenters. The van der Waals surface area contributed by atoms with Gasteiger partial charge < -0.3 is 5.32 Å². The van der Waals surface area contributed by atoms with Crippen molar-refractivity contribution in [3.05, 3.63) is 71.8 Å². The van der Waals surface area contributed by atoms with Crippen molar-refractivity contribution in [2.45, 2.75) is 18.9 Å². The van der Waals surface area contributed by atoms with E-state index in [0.29, 0.717) is 0 Å². The molecule has 0 heterocycles. The number of rotatable bonds is 5. The molecule has 0 radical (unpaired) electrons. The zero-order chi connectivity index (χ0) is 15.9. The highest BCUT2D eigenvalue weighted by Crippen LogP contribution is 2.24. The van der Waals surface area contributed by atoms with Crippen LogP contribution in [0.3, 0.4) is 0 Å². The van der Waals surface area contributed by atoms with Crippen LogP contribution < -0.4 is 16.6 Å². The molecule has 0 bridgehead atoms. The van der Waals surface area contributed by atoms with Crippen LogP contribution >= 0.6 is 0 Å². The van der Waals surface area contributed by atoms with E-state index in [1.54, 1.807) is 6.92 Å². The van der Waals surface area contributed by atoms with Crippen LogP contribution in [0, 0.1) is 0 Å². The average Bonchev–Trinajstić information content (AvgIpc) is 2.56. The Morgan fingerprint density at radius 2 is 1.32 bits per heavy atom. The van der Waals surface area contributed by atoms with Gasteiger partial charge >= 0.3 is 0 Å². The zero-order valence-electron chi connectivity index (χ0n) is 12.3. The minimum atomic E-state index is -0.701. The van der Waals surface area contributed by atoms with E-state index >= 15 is 0 Å². The number of hydrazine groups is 1. The van der Waals surface area contributed by atoms with Crippen LogP contribution in [-0.4, -0.2) is 17.9 Å². The molecule has 22 heavy (non-hydrogen) atoms. The average molecular weight is 297 g/mol. The first kappa shape index (κ1) is 15.7. The van der Waals surface area contributed by atoms with Crippen molar-refractivity contribution in [3.63, 3.8) is 0 Å². The van der Waals surface area contributed by atoms with E-state index in [4.69, 9.17) is 5.84 Å². The van der Waals surface area contributed by atoms with Crippen LogP contribution in [0.25, 0.3) is 0 Å². The Balaban J connectivity index is 2.29. The third-order valence-corrected chi connectivity index (χ3v) is 3.42. The molecule has 2 rings (SSSR count). The molecule has 0 aliphatic carbocycles. The summed E-state index contributed by atoms with van der Waals surface area (Å²) in [6.45, 7) is 1.59. The van der Waals surface area contributed by atoms with Gasteiger partial charge in [-0.05, 0) is 18.1 Å². The topological polar surface area (TPSA) is 84.2 Å². The minimum Gasteiger partial charge on any atom is -0.344 e. The van der Waals surface area contributed by atoms with Gasteiger partial charge in [0.05, 0.1) is 5.92 Å². The molecule has 2 amide bonds. The molecule has 0 saturated carbocycles.